The van der Waals surface area contributed by atoms with Gasteiger partial charge in [-0.25, -0.2) is 0 Å². The molecule has 1 aliphatic rings. The third-order valence-corrected chi connectivity index (χ3v) is 4.62. The monoisotopic (exact) mass is 389 g/mol. The second-order valence-electron chi connectivity index (χ2n) is 6.64. The van der Waals surface area contributed by atoms with Gasteiger partial charge >= 0.3 is 5.97 Å². The standard InChI is InChI=1S/C20H23NO7/c21-10-15-17(24)18(25)19(26)20(28-15)27-14-7-2-1-6-13(14)12-5-3-4-11(8-12)9-16(22)23/h1-8,15,17-20,24-26H,9-10,21H2,(H,22,23)/t15-,17?,18?,19+,20?/m1/s1. The summed E-state index contributed by atoms with van der Waals surface area (Å²) >= 11 is 0. The lowest BCUT2D eigenvalue weighted by Gasteiger charge is -2.40. The Hall–Kier alpha value is -2.49. The van der Waals surface area contributed by atoms with Crippen LogP contribution in [-0.4, -0.2) is 63.6 Å². The van der Waals surface area contributed by atoms with Crippen LogP contribution in [0.4, 0.5) is 0 Å². The van der Waals surface area contributed by atoms with E-state index in [2.05, 4.69) is 0 Å². The number of aliphatic hydroxyl groups excluding tert-OH is 3. The Morgan fingerprint density at radius 3 is 2.50 bits per heavy atom. The van der Waals surface area contributed by atoms with Gasteiger partial charge in [-0.3, -0.25) is 4.79 Å². The van der Waals surface area contributed by atoms with Crippen LogP contribution >= 0.6 is 0 Å². The molecule has 0 saturated carbocycles. The van der Waals surface area contributed by atoms with E-state index in [0.717, 1.165) is 5.56 Å². The van der Waals surface area contributed by atoms with Gasteiger partial charge in [0.2, 0.25) is 6.29 Å². The van der Waals surface area contributed by atoms with Gasteiger partial charge in [-0.2, -0.15) is 0 Å². The van der Waals surface area contributed by atoms with E-state index < -0.39 is 36.7 Å². The van der Waals surface area contributed by atoms with Crippen LogP contribution < -0.4 is 10.5 Å². The first-order chi connectivity index (χ1) is 13.4. The molecule has 28 heavy (non-hydrogen) atoms. The Labute approximate surface area is 161 Å². The fraction of sp³-hybridized carbons (Fsp3) is 0.350. The third-order valence-electron chi connectivity index (χ3n) is 4.62. The van der Waals surface area contributed by atoms with Gasteiger partial charge in [0.05, 0.1) is 6.42 Å². The number of carbonyl (C=O) groups is 1. The fourth-order valence-electron chi connectivity index (χ4n) is 3.17. The lowest BCUT2D eigenvalue weighted by atomic mass is 9.98. The molecule has 150 valence electrons. The Kier molecular flexibility index (Phi) is 6.28. The van der Waals surface area contributed by atoms with Gasteiger partial charge in [0, 0.05) is 12.1 Å². The molecule has 0 spiro atoms. The summed E-state index contributed by atoms with van der Waals surface area (Å²) in [5, 5.41) is 39.2. The van der Waals surface area contributed by atoms with Crippen LogP contribution in [0.15, 0.2) is 48.5 Å². The first-order valence-corrected chi connectivity index (χ1v) is 8.87. The topological polar surface area (TPSA) is 142 Å². The van der Waals surface area contributed by atoms with Crippen LogP contribution in [0, 0.1) is 0 Å². The number of rotatable bonds is 6. The highest BCUT2D eigenvalue weighted by Crippen LogP contribution is 2.33. The number of aliphatic hydroxyl groups is 3. The molecule has 1 aliphatic heterocycles. The smallest absolute Gasteiger partial charge is 0.307 e. The van der Waals surface area contributed by atoms with Gasteiger partial charge in [0.1, 0.15) is 30.2 Å². The summed E-state index contributed by atoms with van der Waals surface area (Å²) in [4.78, 5) is 11.0. The molecule has 1 heterocycles. The zero-order valence-corrected chi connectivity index (χ0v) is 15.0. The number of aliphatic carboxylic acids is 1. The van der Waals surface area contributed by atoms with E-state index in [-0.39, 0.29) is 13.0 Å². The summed E-state index contributed by atoms with van der Waals surface area (Å²) in [5.74, 6) is -0.556. The number of para-hydroxylation sites is 1. The summed E-state index contributed by atoms with van der Waals surface area (Å²) < 4.78 is 11.3. The molecule has 0 aromatic heterocycles. The summed E-state index contributed by atoms with van der Waals surface area (Å²) in [7, 11) is 0. The maximum atomic E-state index is 11.0. The highest BCUT2D eigenvalue weighted by atomic mass is 16.7. The number of carboxylic acid groups (broad SMARTS) is 1. The molecule has 0 bridgehead atoms. The first-order valence-electron chi connectivity index (χ1n) is 8.87. The molecule has 3 rings (SSSR count). The highest BCUT2D eigenvalue weighted by molar-refractivity contribution is 5.74. The van der Waals surface area contributed by atoms with E-state index in [1.165, 1.54) is 0 Å². The lowest BCUT2D eigenvalue weighted by Crippen LogP contribution is -2.60. The SMILES string of the molecule is NC[C@H]1OC(Oc2ccccc2-c2cccc(CC(=O)O)c2)[C@@H](O)C(O)C1O. The minimum atomic E-state index is -1.47. The molecular weight excluding hydrogens is 366 g/mol. The van der Waals surface area contributed by atoms with Crippen LogP contribution in [0.25, 0.3) is 11.1 Å². The average Bonchev–Trinajstić information content (AvgIpc) is 2.68. The Morgan fingerprint density at radius 1 is 1.04 bits per heavy atom. The minimum Gasteiger partial charge on any atom is -0.481 e. The van der Waals surface area contributed by atoms with Crippen LogP contribution in [0.5, 0.6) is 5.75 Å². The second-order valence-corrected chi connectivity index (χ2v) is 6.64. The maximum Gasteiger partial charge on any atom is 0.307 e. The highest BCUT2D eigenvalue weighted by Gasteiger charge is 2.44. The average molecular weight is 389 g/mol. The van der Waals surface area contributed by atoms with E-state index in [1.54, 1.807) is 42.5 Å². The van der Waals surface area contributed by atoms with Crippen molar-refractivity contribution in [1.29, 1.82) is 0 Å². The Morgan fingerprint density at radius 2 is 1.79 bits per heavy atom. The predicted octanol–water partition coefficient (Wildman–Crippen LogP) is 0.126. The number of nitrogens with two attached hydrogens (primary N) is 1. The zero-order chi connectivity index (χ0) is 20.3. The molecule has 8 nitrogen and oxygen atoms in total. The van der Waals surface area contributed by atoms with Gasteiger partial charge < -0.3 is 35.6 Å². The van der Waals surface area contributed by atoms with Crippen molar-refractivity contribution in [2.75, 3.05) is 6.54 Å². The quantitative estimate of drug-likeness (QED) is 0.469. The molecule has 2 aromatic rings. The summed E-state index contributed by atoms with van der Waals surface area (Å²) in [5.41, 5.74) is 7.58. The van der Waals surface area contributed by atoms with Crippen molar-refractivity contribution in [3.05, 3.63) is 54.1 Å². The van der Waals surface area contributed by atoms with Crippen molar-refractivity contribution in [3.63, 3.8) is 0 Å². The van der Waals surface area contributed by atoms with Crippen molar-refractivity contribution >= 4 is 5.97 Å². The maximum absolute atomic E-state index is 11.0. The van der Waals surface area contributed by atoms with E-state index in [1.807, 2.05) is 6.07 Å². The molecule has 3 unspecified atom stereocenters. The normalized spacial score (nSPS) is 27.4. The second kappa shape index (κ2) is 8.68. The Balaban J connectivity index is 1.88. The molecule has 1 fully saturated rings. The lowest BCUT2D eigenvalue weighted by molar-refractivity contribution is -0.269. The van der Waals surface area contributed by atoms with Gasteiger partial charge in [-0.1, -0.05) is 42.5 Å². The van der Waals surface area contributed by atoms with Crippen LogP contribution in [-0.2, 0) is 16.0 Å². The fourth-order valence-corrected chi connectivity index (χ4v) is 3.17. The molecule has 1 saturated heterocycles. The minimum absolute atomic E-state index is 0.0519. The Bertz CT molecular complexity index is 826. The molecule has 5 atom stereocenters. The number of ether oxygens (including phenoxy) is 2. The molecule has 0 radical (unpaired) electrons. The summed E-state index contributed by atoms with van der Waals surface area (Å²) in [6, 6.07) is 14.0. The summed E-state index contributed by atoms with van der Waals surface area (Å²) in [6.45, 7) is -0.0519. The van der Waals surface area contributed by atoms with Crippen molar-refractivity contribution in [3.8, 4) is 16.9 Å². The van der Waals surface area contributed by atoms with Gasteiger partial charge in [-0.15, -0.1) is 0 Å². The number of hydrogen-bond donors (Lipinski definition) is 5. The molecule has 0 amide bonds. The van der Waals surface area contributed by atoms with Crippen LogP contribution in [0.2, 0.25) is 0 Å². The van der Waals surface area contributed by atoms with Gasteiger partial charge in [0.25, 0.3) is 0 Å². The van der Waals surface area contributed by atoms with Crippen LogP contribution in [0.1, 0.15) is 5.56 Å². The van der Waals surface area contributed by atoms with Gasteiger partial charge in [0.15, 0.2) is 0 Å². The number of carboxylic acids is 1. The van der Waals surface area contributed by atoms with Crippen LogP contribution in [0.3, 0.4) is 0 Å². The predicted molar refractivity (Wildman–Crippen MR) is 99.6 cm³/mol. The van der Waals surface area contributed by atoms with Crippen molar-refractivity contribution in [2.24, 2.45) is 5.73 Å². The molecule has 0 aliphatic carbocycles. The molecule has 8 heteroatoms. The summed E-state index contributed by atoms with van der Waals surface area (Å²) in [6.07, 6.45) is -6.46. The zero-order valence-electron chi connectivity index (χ0n) is 15.0. The van der Waals surface area contributed by atoms with E-state index in [4.69, 9.17) is 20.3 Å². The van der Waals surface area contributed by atoms with E-state index in [0.29, 0.717) is 16.9 Å². The third kappa shape index (κ3) is 4.32. The first kappa shape index (κ1) is 20.2. The van der Waals surface area contributed by atoms with Crippen molar-refractivity contribution in [2.45, 2.75) is 37.1 Å². The largest absolute Gasteiger partial charge is 0.481 e. The van der Waals surface area contributed by atoms with E-state index in [9.17, 15) is 20.1 Å². The molecule has 2 aromatic carbocycles. The van der Waals surface area contributed by atoms with Crippen molar-refractivity contribution in [1.82, 2.24) is 0 Å². The molecular formula is C20H23NO7. The van der Waals surface area contributed by atoms with Gasteiger partial charge in [-0.05, 0) is 17.2 Å². The van der Waals surface area contributed by atoms with E-state index >= 15 is 0 Å². The molecule has 6 N–H and O–H groups in total. The number of benzene rings is 2. The number of hydrogen-bond acceptors (Lipinski definition) is 7. The van der Waals surface area contributed by atoms with Crippen molar-refractivity contribution < 1.29 is 34.7 Å².